The zero-order valence-corrected chi connectivity index (χ0v) is 17.6. The maximum absolute atomic E-state index is 11.8. The first kappa shape index (κ1) is 25.4. The molecule has 0 aromatic rings. The van der Waals surface area contributed by atoms with Crippen LogP contribution in [0.3, 0.4) is 0 Å². The first-order valence-electron chi connectivity index (χ1n) is 11.2. The summed E-state index contributed by atoms with van der Waals surface area (Å²) < 4.78 is 5.45. The molecule has 156 valence electrons. The van der Waals surface area contributed by atoms with Crippen molar-refractivity contribution in [1.82, 2.24) is 5.32 Å². The van der Waals surface area contributed by atoms with Crippen LogP contribution in [-0.2, 0) is 9.53 Å². The molecule has 1 amide bonds. The monoisotopic (exact) mass is 371 g/mol. The van der Waals surface area contributed by atoms with Gasteiger partial charge in [-0.3, -0.25) is 4.79 Å². The molecule has 2 N–H and O–H groups in total. The van der Waals surface area contributed by atoms with Gasteiger partial charge in [0.05, 0.1) is 12.7 Å². The standard InChI is InChI=1S/C22H45NO3/c1-3-5-6-7-8-9-10-11-12-13-14-15-16-17-22(25)23-19-21(20-24)26-18-4-2/h21,24H,3-20H2,1-2H3,(H,23,25). The summed E-state index contributed by atoms with van der Waals surface area (Å²) in [7, 11) is 0. The average molecular weight is 372 g/mol. The number of carbonyl (C=O) groups excluding carboxylic acids is 1. The van der Waals surface area contributed by atoms with Gasteiger partial charge in [0.25, 0.3) is 0 Å². The second kappa shape index (κ2) is 20.7. The van der Waals surface area contributed by atoms with Crippen LogP contribution in [0.2, 0.25) is 0 Å². The van der Waals surface area contributed by atoms with Crippen LogP contribution in [-0.4, -0.2) is 36.9 Å². The molecule has 1 atom stereocenters. The molecule has 0 heterocycles. The van der Waals surface area contributed by atoms with Crippen LogP contribution >= 0.6 is 0 Å². The molecule has 4 heteroatoms. The Morgan fingerprint density at radius 3 is 1.77 bits per heavy atom. The Bertz CT molecular complexity index is 297. The largest absolute Gasteiger partial charge is 0.394 e. The molecule has 0 radical (unpaired) electrons. The van der Waals surface area contributed by atoms with E-state index in [9.17, 15) is 9.90 Å². The van der Waals surface area contributed by atoms with Gasteiger partial charge in [0, 0.05) is 19.6 Å². The van der Waals surface area contributed by atoms with Crippen LogP contribution in [0.5, 0.6) is 0 Å². The van der Waals surface area contributed by atoms with Crippen molar-refractivity contribution >= 4 is 5.91 Å². The molecule has 1 unspecified atom stereocenters. The highest BCUT2D eigenvalue weighted by Crippen LogP contribution is 2.12. The zero-order chi connectivity index (χ0) is 19.3. The Kier molecular flexibility index (Phi) is 20.2. The fraction of sp³-hybridized carbons (Fsp3) is 0.955. The SMILES string of the molecule is CCCCCCCCCCCCCCCC(=O)NCC(CO)OCCC. The number of carbonyl (C=O) groups is 1. The van der Waals surface area contributed by atoms with E-state index in [-0.39, 0.29) is 18.6 Å². The number of hydrogen-bond donors (Lipinski definition) is 2. The highest BCUT2D eigenvalue weighted by Gasteiger charge is 2.09. The Morgan fingerprint density at radius 2 is 1.31 bits per heavy atom. The minimum atomic E-state index is -0.273. The first-order chi connectivity index (χ1) is 12.7. The number of aliphatic hydroxyl groups is 1. The second-order valence-corrected chi connectivity index (χ2v) is 7.47. The van der Waals surface area contributed by atoms with Crippen molar-refractivity contribution in [3.8, 4) is 0 Å². The minimum absolute atomic E-state index is 0.0426. The van der Waals surface area contributed by atoms with Crippen LogP contribution in [0.15, 0.2) is 0 Å². The summed E-state index contributed by atoms with van der Waals surface area (Å²) in [6.45, 7) is 5.29. The fourth-order valence-electron chi connectivity index (χ4n) is 3.08. The number of rotatable bonds is 20. The quantitative estimate of drug-likeness (QED) is 0.283. The summed E-state index contributed by atoms with van der Waals surface area (Å²) in [4.78, 5) is 11.8. The van der Waals surface area contributed by atoms with Gasteiger partial charge in [0.2, 0.25) is 5.91 Å². The predicted octanol–water partition coefficient (Wildman–Crippen LogP) is 5.37. The van der Waals surface area contributed by atoms with Crippen molar-refractivity contribution < 1.29 is 14.6 Å². The summed E-state index contributed by atoms with van der Waals surface area (Å²) >= 11 is 0. The summed E-state index contributed by atoms with van der Waals surface area (Å²) in [5.41, 5.74) is 0. The van der Waals surface area contributed by atoms with E-state index >= 15 is 0 Å². The minimum Gasteiger partial charge on any atom is -0.394 e. The third-order valence-electron chi connectivity index (χ3n) is 4.80. The number of nitrogens with one attached hydrogen (secondary N) is 1. The Labute approximate surface area is 162 Å². The molecule has 0 saturated heterocycles. The van der Waals surface area contributed by atoms with Gasteiger partial charge < -0.3 is 15.2 Å². The molecule has 0 aliphatic rings. The third kappa shape index (κ3) is 18.2. The van der Waals surface area contributed by atoms with E-state index < -0.39 is 0 Å². The lowest BCUT2D eigenvalue weighted by atomic mass is 10.0. The average Bonchev–Trinajstić information content (AvgIpc) is 2.65. The summed E-state index contributed by atoms with van der Waals surface area (Å²) in [5.74, 6) is 0.0756. The smallest absolute Gasteiger partial charge is 0.220 e. The molecule has 4 nitrogen and oxygen atoms in total. The zero-order valence-electron chi connectivity index (χ0n) is 17.6. The normalized spacial score (nSPS) is 12.3. The molecule has 0 bridgehead atoms. The molecule has 26 heavy (non-hydrogen) atoms. The van der Waals surface area contributed by atoms with E-state index in [1.165, 1.54) is 70.6 Å². The van der Waals surface area contributed by atoms with Gasteiger partial charge in [-0.15, -0.1) is 0 Å². The van der Waals surface area contributed by atoms with Crippen LogP contribution in [0.25, 0.3) is 0 Å². The van der Waals surface area contributed by atoms with Crippen LogP contribution < -0.4 is 5.32 Å². The van der Waals surface area contributed by atoms with Gasteiger partial charge in [0.1, 0.15) is 0 Å². The maximum atomic E-state index is 11.8. The molecule has 0 aromatic carbocycles. The fourth-order valence-corrected chi connectivity index (χ4v) is 3.08. The van der Waals surface area contributed by atoms with Crippen molar-refractivity contribution in [2.24, 2.45) is 0 Å². The predicted molar refractivity (Wildman–Crippen MR) is 110 cm³/mol. The number of aliphatic hydroxyl groups excluding tert-OH is 1. The van der Waals surface area contributed by atoms with Gasteiger partial charge in [-0.05, 0) is 12.8 Å². The topological polar surface area (TPSA) is 58.6 Å². The summed E-state index contributed by atoms with van der Waals surface area (Å²) in [6, 6.07) is 0. The van der Waals surface area contributed by atoms with Gasteiger partial charge in [-0.25, -0.2) is 0 Å². The van der Waals surface area contributed by atoms with Crippen molar-refractivity contribution in [3.05, 3.63) is 0 Å². The van der Waals surface area contributed by atoms with E-state index in [1.807, 2.05) is 6.92 Å². The van der Waals surface area contributed by atoms with Crippen LogP contribution in [0, 0.1) is 0 Å². The second-order valence-electron chi connectivity index (χ2n) is 7.47. The molecular formula is C22H45NO3. The molecule has 0 aliphatic carbocycles. The lowest BCUT2D eigenvalue weighted by Crippen LogP contribution is -2.35. The molecular weight excluding hydrogens is 326 g/mol. The number of unbranched alkanes of at least 4 members (excludes halogenated alkanes) is 12. The van der Waals surface area contributed by atoms with E-state index in [0.717, 1.165) is 19.3 Å². The van der Waals surface area contributed by atoms with E-state index in [4.69, 9.17) is 4.74 Å². The molecule has 0 saturated carbocycles. The van der Waals surface area contributed by atoms with E-state index in [1.54, 1.807) is 0 Å². The van der Waals surface area contributed by atoms with Crippen molar-refractivity contribution in [2.75, 3.05) is 19.8 Å². The van der Waals surface area contributed by atoms with Gasteiger partial charge in [0.15, 0.2) is 0 Å². The molecule has 0 aliphatic heterocycles. The first-order valence-corrected chi connectivity index (χ1v) is 11.2. The Balaban J connectivity index is 3.30. The maximum Gasteiger partial charge on any atom is 0.220 e. The summed E-state index contributed by atoms with van der Waals surface area (Å²) in [6.07, 6.45) is 18.3. The van der Waals surface area contributed by atoms with Gasteiger partial charge in [-0.2, -0.15) is 0 Å². The Hall–Kier alpha value is -0.610. The van der Waals surface area contributed by atoms with Gasteiger partial charge >= 0.3 is 0 Å². The highest BCUT2D eigenvalue weighted by molar-refractivity contribution is 5.75. The van der Waals surface area contributed by atoms with Crippen LogP contribution in [0.4, 0.5) is 0 Å². The highest BCUT2D eigenvalue weighted by atomic mass is 16.5. The molecule has 0 spiro atoms. The molecule has 0 rings (SSSR count). The lowest BCUT2D eigenvalue weighted by Gasteiger charge is -2.15. The number of hydrogen-bond acceptors (Lipinski definition) is 3. The van der Waals surface area contributed by atoms with Crippen molar-refractivity contribution in [1.29, 1.82) is 0 Å². The van der Waals surface area contributed by atoms with E-state index in [0.29, 0.717) is 19.6 Å². The molecule has 0 fully saturated rings. The van der Waals surface area contributed by atoms with Gasteiger partial charge in [-0.1, -0.05) is 90.9 Å². The lowest BCUT2D eigenvalue weighted by molar-refractivity contribution is -0.122. The Morgan fingerprint density at radius 1 is 0.808 bits per heavy atom. The summed E-state index contributed by atoms with van der Waals surface area (Å²) in [5, 5.41) is 12.1. The van der Waals surface area contributed by atoms with E-state index in [2.05, 4.69) is 12.2 Å². The van der Waals surface area contributed by atoms with Crippen molar-refractivity contribution in [3.63, 3.8) is 0 Å². The number of ether oxygens (including phenoxy) is 1. The third-order valence-corrected chi connectivity index (χ3v) is 4.80. The molecule has 0 aromatic heterocycles. The van der Waals surface area contributed by atoms with Crippen molar-refractivity contribution in [2.45, 2.75) is 116 Å². The van der Waals surface area contributed by atoms with Crippen LogP contribution in [0.1, 0.15) is 110 Å². The number of amides is 1.